The summed E-state index contributed by atoms with van der Waals surface area (Å²) in [7, 11) is 0. The van der Waals surface area contributed by atoms with Crippen molar-refractivity contribution >= 4 is 0 Å². The summed E-state index contributed by atoms with van der Waals surface area (Å²) in [4.78, 5) is 0. The molecule has 1 aromatic carbocycles. The molecule has 0 saturated heterocycles. The van der Waals surface area contributed by atoms with Crippen LogP contribution in [0.2, 0.25) is 0 Å². The van der Waals surface area contributed by atoms with E-state index in [2.05, 4.69) is 37.4 Å². The molecular formula is C16H25NO. The van der Waals surface area contributed by atoms with Gasteiger partial charge in [-0.1, -0.05) is 24.6 Å². The zero-order valence-electron chi connectivity index (χ0n) is 11.6. The minimum absolute atomic E-state index is 0.357. The van der Waals surface area contributed by atoms with Crippen LogP contribution in [0.5, 0.6) is 0 Å². The maximum absolute atomic E-state index is 9.31. The van der Waals surface area contributed by atoms with E-state index in [-0.39, 0.29) is 0 Å². The van der Waals surface area contributed by atoms with E-state index in [1.165, 1.54) is 36.0 Å². The maximum atomic E-state index is 9.31. The number of rotatable bonds is 5. The minimum Gasteiger partial charge on any atom is -0.396 e. The van der Waals surface area contributed by atoms with Crippen molar-refractivity contribution in [2.45, 2.75) is 39.7 Å². The normalized spacial score (nSPS) is 23.5. The van der Waals surface area contributed by atoms with Gasteiger partial charge in [0.25, 0.3) is 0 Å². The Morgan fingerprint density at radius 2 is 1.83 bits per heavy atom. The summed E-state index contributed by atoms with van der Waals surface area (Å²) in [5.74, 6) is 1.19. The Hall–Kier alpha value is -0.860. The number of benzene rings is 1. The fraction of sp³-hybridized carbons (Fsp3) is 0.625. The van der Waals surface area contributed by atoms with Crippen LogP contribution in [0, 0.1) is 25.7 Å². The van der Waals surface area contributed by atoms with Crippen LogP contribution in [-0.2, 0) is 6.54 Å². The maximum Gasteiger partial charge on any atom is 0.0462 e. The molecular weight excluding hydrogens is 222 g/mol. The zero-order valence-corrected chi connectivity index (χ0v) is 11.6. The lowest BCUT2D eigenvalue weighted by atomic mass is 9.96. The molecule has 0 heterocycles. The van der Waals surface area contributed by atoms with Gasteiger partial charge in [0.15, 0.2) is 0 Å². The van der Waals surface area contributed by atoms with Crippen LogP contribution >= 0.6 is 0 Å². The molecule has 2 unspecified atom stereocenters. The van der Waals surface area contributed by atoms with Crippen LogP contribution in [0.3, 0.4) is 0 Å². The Morgan fingerprint density at radius 3 is 2.50 bits per heavy atom. The Kier molecular flexibility index (Phi) is 4.79. The number of aryl methyl sites for hydroxylation is 2. The Labute approximate surface area is 110 Å². The molecule has 0 spiro atoms. The molecule has 1 aliphatic rings. The molecule has 1 aromatic rings. The van der Waals surface area contributed by atoms with Gasteiger partial charge in [0.2, 0.25) is 0 Å². The molecule has 2 atom stereocenters. The second-order valence-corrected chi connectivity index (χ2v) is 5.63. The van der Waals surface area contributed by atoms with Gasteiger partial charge in [-0.2, -0.15) is 0 Å². The van der Waals surface area contributed by atoms with Crippen LogP contribution in [0.25, 0.3) is 0 Å². The summed E-state index contributed by atoms with van der Waals surface area (Å²) in [6.45, 7) is 6.70. The Morgan fingerprint density at radius 1 is 1.17 bits per heavy atom. The highest BCUT2D eigenvalue weighted by atomic mass is 16.3. The molecule has 2 heteroatoms. The molecule has 0 radical (unpaired) electrons. The van der Waals surface area contributed by atoms with Crippen molar-refractivity contribution in [3.8, 4) is 0 Å². The summed E-state index contributed by atoms with van der Waals surface area (Å²) in [5.41, 5.74) is 4.16. The first kappa shape index (κ1) is 13.6. The van der Waals surface area contributed by atoms with E-state index in [0.717, 1.165) is 13.1 Å². The molecule has 0 aliphatic heterocycles. The summed E-state index contributed by atoms with van der Waals surface area (Å²) in [5, 5.41) is 12.9. The average Bonchev–Trinajstić information content (AvgIpc) is 2.80. The molecule has 2 nitrogen and oxygen atoms in total. The average molecular weight is 247 g/mol. The van der Waals surface area contributed by atoms with E-state index in [9.17, 15) is 5.11 Å². The Bertz CT molecular complexity index is 368. The quantitative estimate of drug-likeness (QED) is 0.838. The van der Waals surface area contributed by atoms with Crippen molar-refractivity contribution in [3.05, 3.63) is 34.9 Å². The monoisotopic (exact) mass is 247 g/mol. The molecule has 1 aliphatic carbocycles. The van der Waals surface area contributed by atoms with Crippen molar-refractivity contribution < 1.29 is 5.11 Å². The van der Waals surface area contributed by atoms with Gasteiger partial charge in [0.05, 0.1) is 0 Å². The largest absolute Gasteiger partial charge is 0.396 e. The first-order chi connectivity index (χ1) is 8.72. The first-order valence-electron chi connectivity index (χ1n) is 7.09. The third kappa shape index (κ3) is 3.12. The van der Waals surface area contributed by atoms with Crippen molar-refractivity contribution in [1.29, 1.82) is 0 Å². The van der Waals surface area contributed by atoms with Gasteiger partial charge in [-0.3, -0.25) is 0 Å². The molecule has 0 bridgehead atoms. The molecule has 1 saturated carbocycles. The summed E-state index contributed by atoms with van der Waals surface area (Å²) < 4.78 is 0. The molecule has 18 heavy (non-hydrogen) atoms. The second kappa shape index (κ2) is 6.35. The van der Waals surface area contributed by atoms with Crippen molar-refractivity contribution in [2.75, 3.05) is 13.2 Å². The van der Waals surface area contributed by atoms with Gasteiger partial charge < -0.3 is 10.4 Å². The van der Waals surface area contributed by atoms with Crippen LogP contribution in [0.1, 0.15) is 36.0 Å². The third-order valence-corrected chi connectivity index (χ3v) is 4.40. The van der Waals surface area contributed by atoms with Crippen LogP contribution in [0.4, 0.5) is 0 Å². The molecule has 1 fully saturated rings. The van der Waals surface area contributed by atoms with Crippen molar-refractivity contribution in [3.63, 3.8) is 0 Å². The molecule has 2 rings (SSSR count). The number of hydrogen-bond donors (Lipinski definition) is 2. The van der Waals surface area contributed by atoms with Gasteiger partial charge in [0, 0.05) is 13.2 Å². The van der Waals surface area contributed by atoms with Crippen LogP contribution in [0.15, 0.2) is 18.2 Å². The van der Waals surface area contributed by atoms with E-state index in [1.54, 1.807) is 0 Å². The van der Waals surface area contributed by atoms with E-state index < -0.39 is 0 Å². The topological polar surface area (TPSA) is 32.3 Å². The molecule has 2 N–H and O–H groups in total. The van der Waals surface area contributed by atoms with Crippen LogP contribution in [-0.4, -0.2) is 18.3 Å². The summed E-state index contributed by atoms with van der Waals surface area (Å²) in [6, 6.07) is 6.47. The lowest BCUT2D eigenvalue weighted by Gasteiger charge is -2.19. The second-order valence-electron chi connectivity index (χ2n) is 5.63. The van der Waals surface area contributed by atoms with E-state index in [1.807, 2.05) is 0 Å². The smallest absolute Gasteiger partial charge is 0.0462 e. The van der Waals surface area contributed by atoms with Crippen molar-refractivity contribution in [1.82, 2.24) is 5.32 Å². The highest BCUT2D eigenvalue weighted by Gasteiger charge is 2.25. The molecule has 0 aromatic heterocycles. The lowest BCUT2D eigenvalue weighted by Crippen LogP contribution is -2.26. The van der Waals surface area contributed by atoms with Gasteiger partial charge >= 0.3 is 0 Å². The fourth-order valence-corrected chi connectivity index (χ4v) is 3.13. The third-order valence-electron chi connectivity index (χ3n) is 4.40. The van der Waals surface area contributed by atoms with E-state index in [4.69, 9.17) is 0 Å². The predicted molar refractivity (Wildman–Crippen MR) is 75.5 cm³/mol. The van der Waals surface area contributed by atoms with Crippen molar-refractivity contribution in [2.24, 2.45) is 11.8 Å². The highest BCUT2D eigenvalue weighted by Crippen LogP contribution is 2.30. The van der Waals surface area contributed by atoms with Crippen LogP contribution < -0.4 is 5.32 Å². The summed E-state index contributed by atoms with van der Waals surface area (Å²) in [6.07, 6.45) is 3.75. The molecule has 100 valence electrons. The van der Waals surface area contributed by atoms with Gasteiger partial charge in [0.1, 0.15) is 0 Å². The first-order valence-corrected chi connectivity index (χ1v) is 7.09. The minimum atomic E-state index is 0.357. The van der Waals surface area contributed by atoms with Gasteiger partial charge in [-0.15, -0.1) is 0 Å². The number of hydrogen-bond acceptors (Lipinski definition) is 2. The number of aliphatic hydroxyl groups is 1. The van der Waals surface area contributed by atoms with Gasteiger partial charge in [-0.05, 0) is 61.8 Å². The lowest BCUT2D eigenvalue weighted by molar-refractivity contribution is 0.192. The molecule has 0 amide bonds. The number of nitrogens with one attached hydrogen (secondary N) is 1. The highest BCUT2D eigenvalue weighted by molar-refractivity contribution is 5.33. The zero-order chi connectivity index (χ0) is 13.0. The Balaban J connectivity index is 1.85. The van der Waals surface area contributed by atoms with E-state index in [0.29, 0.717) is 18.4 Å². The predicted octanol–water partition coefficient (Wildman–Crippen LogP) is 2.80. The van der Waals surface area contributed by atoms with E-state index >= 15 is 0 Å². The fourth-order valence-electron chi connectivity index (χ4n) is 3.13. The van der Waals surface area contributed by atoms with Gasteiger partial charge in [-0.25, -0.2) is 0 Å². The summed E-state index contributed by atoms with van der Waals surface area (Å²) >= 11 is 0. The number of aliphatic hydroxyl groups excluding tert-OH is 1. The SMILES string of the molecule is Cc1cccc(C)c1CNCC1CCCC1CO. The standard InChI is InChI=1S/C16H25NO/c1-12-5-3-6-13(2)16(12)10-17-9-14-7-4-8-15(14)11-18/h3,5-6,14-15,17-18H,4,7-11H2,1-2H3.